The number of nitrogens with two attached hydrogens (primary N) is 1. The Labute approximate surface area is 74.6 Å². The largest absolute Gasteiger partial charge is 0.475 e. The Morgan fingerprint density at radius 3 is 2.38 bits per heavy atom. The monoisotopic (exact) mass is 179 g/mol. The van der Waals surface area contributed by atoms with E-state index in [9.17, 15) is 4.79 Å². The second kappa shape index (κ2) is 2.50. The number of hydrogen-bond acceptors (Lipinski definition) is 4. The van der Waals surface area contributed by atoms with Crippen LogP contribution in [0.1, 0.15) is 29.0 Å². The number of aromatic carboxylic acids is 1. The molecule has 68 valence electrons. The van der Waals surface area contributed by atoms with Gasteiger partial charge in [-0.2, -0.15) is 0 Å². The first kappa shape index (κ1) is 8.12. The molecule has 0 aliphatic heterocycles. The highest BCUT2D eigenvalue weighted by atomic mass is 16.4. The molecule has 1 aromatic rings. The quantitative estimate of drug-likeness (QED) is 0.673. The first-order chi connectivity index (χ1) is 6.12. The Balaban J connectivity index is 2.28. The summed E-state index contributed by atoms with van der Waals surface area (Å²) in [6.07, 6.45) is 4.82. The van der Waals surface area contributed by atoms with Gasteiger partial charge >= 0.3 is 5.97 Å². The number of aromatic nitrogens is 2. The molecule has 1 aliphatic rings. The van der Waals surface area contributed by atoms with Crippen LogP contribution in [0.5, 0.6) is 0 Å². The summed E-state index contributed by atoms with van der Waals surface area (Å²) >= 11 is 0. The van der Waals surface area contributed by atoms with Crippen molar-refractivity contribution >= 4 is 5.97 Å². The molecule has 0 aromatic carbocycles. The van der Waals surface area contributed by atoms with Gasteiger partial charge in [0.1, 0.15) is 0 Å². The number of carbonyl (C=O) groups is 1. The molecular formula is C8H9N3O2. The van der Waals surface area contributed by atoms with E-state index in [1.807, 2.05) is 0 Å². The van der Waals surface area contributed by atoms with Gasteiger partial charge in [-0.05, 0) is 12.8 Å². The Hall–Kier alpha value is -1.49. The van der Waals surface area contributed by atoms with Gasteiger partial charge in [0.2, 0.25) is 5.82 Å². The Bertz CT molecular complexity index is 343. The molecular weight excluding hydrogens is 170 g/mol. The topological polar surface area (TPSA) is 89.1 Å². The third-order valence-electron chi connectivity index (χ3n) is 2.21. The average Bonchev–Trinajstić information content (AvgIpc) is 2.85. The number of nitrogens with zero attached hydrogens (tertiary/aromatic N) is 2. The highest BCUT2D eigenvalue weighted by Crippen LogP contribution is 2.41. The van der Waals surface area contributed by atoms with E-state index in [1.54, 1.807) is 0 Å². The van der Waals surface area contributed by atoms with Crippen molar-refractivity contribution in [1.82, 2.24) is 9.97 Å². The zero-order valence-electron chi connectivity index (χ0n) is 6.90. The zero-order valence-corrected chi connectivity index (χ0v) is 6.90. The maximum Gasteiger partial charge on any atom is 0.373 e. The number of rotatable bonds is 2. The van der Waals surface area contributed by atoms with E-state index in [1.165, 1.54) is 12.4 Å². The van der Waals surface area contributed by atoms with Crippen molar-refractivity contribution < 1.29 is 9.90 Å². The Kier molecular flexibility index (Phi) is 1.56. The van der Waals surface area contributed by atoms with Gasteiger partial charge in [-0.15, -0.1) is 0 Å². The summed E-state index contributed by atoms with van der Waals surface area (Å²) in [5.41, 5.74) is 6.39. The molecule has 0 unspecified atom stereocenters. The Morgan fingerprint density at radius 1 is 1.46 bits per heavy atom. The average molecular weight is 179 g/mol. The molecule has 0 saturated heterocycles. The van der Waals surface area contributed by atoms with Crippen LogP contribution in [0.25, 0.3) is 0 Å². The van der Waals surface area contributed by atoms with Crippen LogP contribution in [0.2, 0.25) is 0 Å². The summed E-state index contributed by atoms with van der Waals surface area (Å²) in [5.74, 6) is -1.30. The predicted molar refractivity (Wildman–Crippen MR) is 44.1 cm³/mol. The SMILES string of the molecule is NC1(c2cnc(C(=O)O)nc2)CC1. The fraction of sp³-hybridized carbons (Fsp3) is 0.375. The van der Waals surface area contributed by atoms with E-state index in [0.29, 0.717) is 0 Å². The maximum atomic E-state index is 10.4. The standard InChI is InChI=1S/C8H9N3O2/c9-8(1-2-8)5-3-10-6(7(12)13)11-4-5/h3-4H,1-2,9H2,(H,12,13). The van der Waals surface area contributed by atoms with E-state index >= 15 is 0 Å². The van der Waals surface area contributed by atoms with Gasteiger partial charge in [-0.3, -0.25) is 0 Å². The van der Waals surface area contributed by atoms with E-state index in [-0.39, 0.29) is 11.4 Å². The van der Waals surface area contributed by atoms with Crippen molar-refractivity contribution in [2.24, 2.45) is 5.73 Å². The normalized spacial score (nSPS) is 18.2. The molecule has 13 heavy (non-hydrogen) atoms. The summed E-state index contributed by atoms with van der Waals surface area (Å²) in [4.78, 5) is 17.8. The summed E-state index contributed by atoms with van der Waals surface area (Å²) in [5, 5.41) is 8.54. The van der Waals surface area contributed by atoms with Gasteiger partial charge < -0.3 is 10.8 Å². The molecule has 0 bridgehead atoms. The first-order valence-electron chi connectivity index (χ1n) is 3.96. The molecule has 5 heteroatoms. The molecule has 3 N–H and O–H groups in total. The molecule has 1 fully saturated rings. The van der Waals surface area contributed by atoms with Gasteiger partial charge in [0.05, 0.1) is 0 Å². The molecule has 1 saturated carbocycles. The van der Waals surface area contributed by atoms with Crippen molar-refractivity contribution in [3.05, 3.63) is 23.8 Å². The highest BCUT2D eigenvalue weighted by Gasteiger charge is 2.40. The third kappa shape index (κ3) is 1.38. The van der Waals surface area contributed by atoms with Crippen LogP contribution in [0, 0.1) is 0 Å². The molecule has 0 radical (unpaired) electrons. The van der Waals surface area contributed by atoms with Crippen LogP contribution in [-0.4, -0.2) is 21.0 Å². The zero-order chi connectivity index (χ0) is 9.47. The van der Waals surface area contributed by atoms with Gasteiger partial charge in [0.25, 0.3) is 0 Å². The van der Waals surface area contributed by atoms with Crippen molar-refractivity contribution in [3.8, 4) is 0 Å². The first-order valence-corrected chi connectivity index (χ1v) is 3.96. The van der Waals surface area contributed by atoms with E-state index in [0.717, 1.165) is 18.4 Å². The van der Waals surface area contributed by atoms with Gasteiger partial charge in [-0.25, -0.2) is 14.8 Å². The van der Waals surface area contributed by atoms with Crippen LogP contribution in [0.3, 0.4) is 0 Å². The van der Waals surface area contributed by atoms with Crippen LogP contribution in [0.15, 0.2) is 12.4 Å². The lowest BCUT2D eigenvalue weighted by atomic mass is 10.1. The van der Waals surface area contributed by atoms with Gasteiger partial charge in [0.15, 0.2) is 0 Å². The molecule has 1 heterocycles. The van der Waals surface area contributed by atoms with Gasteiger partial charge in [-0.1, -0.05) is 0 Å². The summed E-state index contributed by atoms with van der Waals surface area (Å²) in [6, 6.07) is 0. The minimum absolute atomic E-state index is 0.187. The predicted octanol–water partition coefficient (Wildman–Crippen LogP) is 0.123. The number of carboxylic acid groups (broad SMARTS) is 1. The third-order valence-corrected chi connectivity index (χ3v) is 2.21. The second-order valence-corrected chi connectivity index (χ2v) is 3.26. The summed E-state index contributed by atoms with van der Waals surface area (Å²) in [7, 11) is 0. The van der Waals surface area contributed by atoms with Crippen LogP contribution < -0.4 is 5.73 Å². The fourth-order valence-electron chi connectivity index (χ4n) is 1.12. The minimum Gasteiger partial charge on any atom is -0.475 e. The molecule has 1 aliphatic carbocycles. The Morgan fingerprint density at radius 2 is 2.00 bits per heavy atom. The summed E-state index contributed by atoms with van der Waals surface area (Å²) in [6.45, 7) is 0. The lowest BCUT2D eigenvalue weighted by molar-refractivity contribution is 0.0683. The van der Waals surface area contributed by atoms with Crippen LogP contribution in [0.4, 0.5) is 0 Å². The van der Waals surface area contributed by atoms with Crippen molar-refractivity contribution in [3.63, 3.8) is 0 Å². The maximum absolute atomic E-state index is 10.4. The smallest absolute Gasteiger partial charge is 0.373 e. The molecule has 0 spiro atoms. The van der Waals surface area contributed by atoms with E-state index in [4.69, 9.17) is 10.8 Å². The molecule has 2 rings (SSSR count). The van der Waals surface area contributed by atoms with Crippen molar-refractivity contribution in [2.75, 3.05) is 0 Å². The second-order valence-electron chi connectivity index (χ2n) is 3.26. The number of carboxylic acids is 1. The number of hydrogen-bond donors (Lipinski definition) is 2. The van der Waals surface area contributed by atoms with E-state index < -0.39 is 5.97 Å². The lowest BCUT2D eigenvalue weighted by Gasteiger charge is -2.06. The lowest BCUT2D eigenvalue weighted by Crippen LogP contribution is -2.20. The van der Waals surface area contributed by atoms with Crippen LogP contribution >= 0.6 is 0 Å². The minimum atomic E-state index is -1.12. The molecule has 5 nitrogen and oxygen atoms in total. The van der Waals surface area contributed by atoms with Gasteiger partial charge in [0, 0.05) is 23.5 Å². The van der Waals surface area contributed by atoms with Crippen molar-refractivity contribution in [2.45, 2.75) is 18.4 Å². The fourth-order valence-corrected chi connectivity index (χ4v) is 1.12. The molecule has 0 amide bonds. The summed E-state index contributed by atoms with van der Waals surface area (Å²) < 4.78 is 0. The van der Waals surface area contributed by atoms with Crippen LogP contribution in [-0.2, 0) is 5.54 Å². The molecule has 1 aromatic heterocycles. The van der Waals surface area contributed by atoms with E-state index in [2.05, 4.69) is 9.97 Å². The molecule has 0 atom stereocenters. The highest BCUT2D eigenvalue weighted by molar-refractivity contribution is 5.82. The van der Waals surface area contributed by atoms with Crippen molar-refractivity contribution in [1.29, 1.82) is 0 Å².